The molecular weight excluding hydrogens is 224 g/mol. The molecule has 3 rings (SSSR count). The molecular formula is C14H24N4. The number of piperazine rings is 1. The molecule has 1 aromatic heterocycles. The van der Waals surface area contributed by atoms with E-state index < -0.39 is 0 Å². The Morgan fingerprint density at radius 1 is 1.50 bits per heavy atom. The van der Waals surface area contributed by atoms with Crippen LogP contribution in [0.1, 0.15) is 33.1 Å². The molecule has 2 fully saturated rings. The summed E-state index contributed by atoms with van der Waals surface area (Å²) in [6.45, 7) is 6.87. The summed E-state index contributed by atoms with van der Waals surface area (Å²) in [4.78, 5) is 2.56. The van der Waals surface area contributed by atoms with Crippen molar-refractivity contribution in [3.05, 3.63) is 12.4 Å². The molecule has 2 atom stereocenters. The molecule has 2 aliphatic rings. The second kappa shape index (κ2) is 4.26. The minimum absolute atomic E-state index is 0.293. The third kappa shape index (κ3) is 2.03. The van der Waals surface area contributed by atoms with E-state index in [1.807, 2.05) is 17.9 Å². The maximum absolute atomic E-state index is 4.32. The van der Waals surface area contributed by atoms with Crippen molar-refractivity contribution < 1.29 is 0 Å². The quantitative estimate of drug-likeness (QED) is 0.885. The van der Waals surface area contributed by atoms with Crippen molar-refractivity contribution in [3.8, 4) is 0 Å². The van der Waals surface area contributed by atoms with Gasteiger partial charge in [-0.1, -0.05) is 6.92 Å². The third-order valence-corrected chi connectivity index (χ3v) is 4.65. The molecule has 18 heavy (non-hydrogen) atoms. The van der Waals surface area contributed by atoms with Gasteiger partial charge in [-0.2, -0.15) is 5.10 Å². The monoisotopic (exact) mass is 248 g/mol. The van der Waals surface area contributed by atoms with Crippen molar-refractivity contribution in [2.75, 3.05) is 18.0 Å². The minimum atomic E-state index is 0.293. The van der Waals surface area contributed by atoms with Crippen molar-refractivity contribution in [2.24, 2.45) is 13.0 Å². The van der Waals surface area contributed by atoms with Gasteiger partial charge in [0.2, 0.25) is 0 Å². The van der Waals surface area contributed by atoms with Crippen LogP contribution in [0.25, 0.3) is 0 Å². The highest BCUT2D eigenvalue weighted by Crippen LogP contribution is 2.42. The number of hydrogen-bond acceptors (Lipinski definition) is 3. The van der Waals surface area contributed by atoms with E-state index in [9.17, 15) is 0 Å². The van der Waals surface area contributed by atoms with Crippen LogP contribution in [0.15, 0.2) is 12.4 Å². The lowest BCUT2D eigenvalue weighted by Gasteiger charge is -2.47. The van der Waals surface area contributed by atoms with Crippen molar-refractivity contribution in [1.29, 1.82) is 0 Å². The molecule has 1 saturated heterocycles. The molecule has 1 aromatic rings. The van der Waals surface area contributed by atoms with Gasteiger partial charge in [0, 0.05) is 37.9 Å². The summed E-state index contributed by atoms with van der Waals surface area (Å²) in [5, 5.41) is 8.12. The van der Waals surface area contributed by atoms with Crippen molar-refractivity contribution >= 4 is 5.69 Å². The molecule has 4 nitrogen and oxygen atoms in total. The first-order valence-corrected chi connectivity index (χ1v) is 7.12. The van der Waals surface area contributed by atoms with Gasteiger partial charge in [0.05, 0.1) is 11.9 Å². The highest BCUT2D eigenvalue weighted by molar-refractivity contribution is 5.45. The summed E-state index contributed by atoms with van der Waals surface area (Å²) >= 11 is 0. The summed E-state index contributed by atoms with van der Waals surface area (Å²) in [5.41, 5.74) is 1.57. The van der Waals surface area contributed by atoms with Gasteiger partial charge >= 0.3 is 0 Å². The van der Waals surface area contributed by atoms with Crippen LogP contribution in [-0.4, -0.2) is 34.5 Å². The predicted molar refractivity (Wildman–Crippen MR) is 73.8 cm³/mol. The predicted octanol–water partition coefficient (Wildman–Crippen LogP) is 1.78. The number of nitrogens with one attached hydrogen (secondary N) is 1. The average molecular weight is 248 g/mol. The van der Waals surface area contributed by atoms with Crippen LogP contribution in [0.2, 0.25) is 0 Å². The Labute approximate surface area is 109 Å². The van der Waals surface area contributed by atoms with E-state index in [0.717, 1.165) is 19.0 Å². The van der Waals surface area contributed by atoms with E-state index in [1.165, 1.54) is 24.9 Å². The van der Waals surface area contributed by atoms with Crippen molar-refractivity contribution in [3.63, 3.8) is 0 Å². The number of anilines is 1. The molecule has 1 aliphatic carbocycles. The number of aryl methyl sites for hydroxylation is 1. The van der Waals surface area contributed by atoms with Crippen LogP contribution in [0.5, 0.6) is 0 Å². The molecule has 0 spiro atoms. The zero-order chi connectivity index (χ0) is 12.8. The Morgan fingerprint density at radius 2 is 2.28 bits per heavy atom. The normalized spacial score (nSPS) is 32.8. The van der Waals surface area contributed by atoms with Gasteiger partial charge < -0.3 is 10.2 Å². The Morgan fingerprint density at radius 3 is 2.83 bits per heavy atom. The Bertz CT molecular complexity index is 423. The summed E-state index contributed by atoms with van der Waals surface area (Å²) in [6.07, 6.45) is 8.10. The zero-order valence-electron chi connectivity index (χ0n) is 11.7. The highest BCUT2D eigenvalue weighted by Gasteiger charge is 2.45. The third-order valence-electron chi connectivity index (χ3n) is 4.65. The van der Waals surface area contributed by atoms with Crippen LogP contribution >= 0.6 is 0 Å². The Kier molecular flexibility index (Phi) is 2.85. The first kappa shape index (κ1) is 12.0. The van der Waals surface area contributed by atoms with E-state index in [0.29, 0.717) is 11.6 Å². The fourth-order valence-electron chi connectivity index (χ4n) is 3.22. The zero-order valence-corrected chi connectivity index (χ0v) is 11.7. The lowest BCUT2D eigenvalue weighted by Crippen LogP contribution is -2.64. The first-order chi connectivity index (χ1) is 8.62. The summed E-state index contributed by atoms with van der Waals surface area (Å²) < 4.78 is 1.90. The first-order valence-electron chi connectivity index (χ1n) is 7.12. The molecule has 0 aromatic carbocycles. The summed E-state index contributed by atoms with van der Waals surface area (Å²) in [5.74, 6) is 0.870. The molecule has 2 unspecified atom stereocenters. The molecule has 4 heteroatoms. The van der Waals surface area contributed by atoms with E-state index >= 15 is 0 Å². The fourth-order valence-corrected chi connectivity index (χ4v) is 3.22. The molecule has 0 radical (unpaired) electrons. The summed E-state index contributed by atoms with van der Waals surface area (Å²) in [6, 6.07) is 0.598. The summed E-state index contributed by atoms with van der Waals surface area (Å²) in [7, 11) is 1.99. The Balaban J connectivity index is 1.83. The van der Waals surface area contributed by atoms with Crippen LogP contribution in [0.4, 0.5) is 5.69 Å². The molecule has 0 bridgehead atoms. The fraction of sp³-hybridized carbons (Fsp3) is 0.786. The van der Waals surface area contributed by atoms with E-state index in [4.69, 9.17) is 0 Å². The number of hydrogen-bond donors (Lipinski definition) is 1. The standard InChI is InChI=1S/C14H24N4/c1-4-12-7-15-14(2,11-5-6-11)10-18(12)13-8-16-17(3)9-13/h8-9,11-12,15H,4-7,10H2,1-3H3. The lowest BCUT2D eigenvalue weighted by molar-refractivity contribution is 0.252. The molecule has 1 saturated carbocycles. The highest BCUT2D eigenvalue weighted by atomic mass is 15.3. The number of rotatable bonds is 3. The SMILES string of the molecule is CCC1CNC(C)(C2CC2)CN1c1cnn(C)c1. The van der Waals surface area contributed by atoms with E-state index in [-0.39, 0.29) is 0 Å². The number of nitrogens with zero attached hydrogens (tertiary/aromatic N) is 3. The van der Waals surface area contributed by atoms with Crippen molar-refractivity contribution in [2.45, 2.75) is 44.7 Å². The Hall–Kier alpha value is -1.03. The van der Waals surface area contributed by atoms with Gasteiger partial charge in [-0.05, 0) is 32.1 Å². The number of aromatic nitrogens is 2. The van der Waals surface area contributed by atoms with Crippen LogP contribution < -0.4 is 10.2 Å². The van der Waals surface area contributed by atoms with Gasteiger partial charge in [-0.3, -0.25) is 4.68 Å². The molecule has 1 aliphatic heterocycles. The average Bonchev–Trinajstić information content (AvgIpc) is 3.13. The van der Waals surface area contributed by atoms with Crippen LogP contribution in [0.3, 0.4) is 0 Å². The second-order valence-electron chi connectivity index (χ2n) is 6.13. The maximum Gasteiger partial charge on any atom is 0.0755 e. The van der Waals surface area contributed by atoms with Gasteiger partial charge in [-0.25, -0.2) is 0 Å². The molecule has 0 amide bonds. The van der Waals surface area contributed by atoms with Crippen LogP contribution in [-0.2, 0) is 7.05 Å². The van der Waals surface area contributed by atoms with Gasteiger partial charge in [0.15, 0.2) is 0 Å². The maximum atomic E-state index is 4.32. The molecule has 2 heterocycles. The topological polar surface area (TPSA) is 33.1 Å². The van der Waals surface area contributed by atoms with Gasteiger partial charge in [0.25, 0.3) is 0 Å². The van der Waals surface area contributed by atoms with Crippen LogP contribution in [0, 0.1) is 5.92 Å². The lowest BCUT2D eigenvalue weighted by atomic mass is 9.90. The second-order valence-corrected chi connectivity index (χ2v) is 6.13. The van der Waals surface area contributed by atoms with E-state index in [2.05, 4.69) is 35.4 Å². The van der Waals surface area contributed by atoms with E-state index in [1.54, 1.807) is 0 Å². The molecule has 1 N–H and O–H groups in total. The molecule has 100 valence electrons. The minimum Gasteiger partial charge on any atom is -0.363 e. The smallest absolute Gasteiger partial charge is 0.0755 e. The van der Waals surface area contributed by atoms with Gasteiger partial charge in [-0.15, -0.1) is 0 Å². The van der Waals surface area contributed by atoms with Gasteiger partial charge in [0.1, 0.15) is 0 Å². The largest absolute Gasteiger partial charge is 0.363 e. The van der Waals surface area contributed by atoms with Crippen molar-refractivity contribution in [1.82, 2.24) is 15.1 Å².